The van der Waals surface area contributed by atoms with Gasteiger partial charge in [-0.05, 0) is 30.3 Å². The molecule has 0 spiro atoms. The molecule has 15 heavy (non-hydrogen) atoms. The highest BCUT2D eigenvalue weighted by molar-refractivity contribution is 6.30. The average molecular weight is 221 g/mol. The molecule has 2 N–H and O–H groups in total. The summed E-state index contributed by atoms with van der Waals surface area (Å²) in [5.41, 5.74) is 6.58. The summed E-state index contributed by atoms with van der Waals surface area (Å²) in [6.45, 7) is 0. The van der Waals surface area contributed by atoms with Crippen LogP contribution in [0.1, 0.15) is 10.4 Å². The zero-order chi connectivity index (χ0) is 10.8. The average Bonchev–Trinajstić information content (AvgIpc) is 2.68. The first kappa shape index (κ1) is 9.80. The first-order valence-corrected chi connectivity index (χ1v) is 4.78. The largest absolute Gasteiger partial charge is 0.366 e. The number of carbonyl (C=O) groups is 1. The fourth-order valence-corrected chi connectivity index (χ4v) is 1.44. The predicted octanol–water partition coefficient (Wildman–Crippen LogP) is 2.23. The maximum absolute atomic E-state index is 10.9. The fraction of sp³-hybridized carbons (Fsp3) is 0. The third-order valence-corrected chi connectivity index (χ3v) is 2.35. The van der Waals surface area contributed by atoms with Gasteiger partial charge in [0, 0.05) is 23.1 Å². The van der Waals surface area contributed by atoms with Gasteiger partial charge in [0.05, 0.1) is 5.56 Å². The molecule has 0 aliphatic carbocycles. The highest BCUT2D eigenvalue weighted by Crippen LogP contribution is 2.14. The van der Waals surface area contributed by atoms with Gasteiger partial charge in [0.2, 0.25) is 5.91 Å². The Balaban J connectivity index is 2.37. The third kappa shape index (κ3) is 2.02. The minimum absolute atomic E-state index is 0.428. The quantitative estimate of drug-likeness (QED) is 0.829. The first-order valence-electron chi connectivity index (χ1n) is 4.40. The highest BCUT2D eigenvalue weighted by atomic mass is 35.5. The number of benzene rings is 1. The third-order valence-electron chi connectivity index (χ3n) is 2.10. The van der Waals surface area contributed by atoms with Crippen molar-refractivity contribution in [3.63, 3.8) is 0 Å². The second kappa shape index (κ2) is 3.79. The summed E-state index contributed by atoms with van der Waals surface area (Å²) in [7, 11) is 0. The Morgan fingerprint density at radius 1 is 1.20 bits per heavy atom. The summed E-state index contributed by atoms with van der Waals surface area (Å²) in [6, 6.07) is 9.00. The van der Waals surface area contributed by atoms with Crippen molar-refractivity contribution in [3.05, 3.63) is 53.3 Å². The van der Waals surface area contributed by atoms with Gasteiger partial charge >= 0.3 is 0 Å². The highest BCUT2D eigenvalue weighted by Gasteiger charge is 2.03. The Hall–Kier alpha value is -1.74. The van der Waals surface area contributed by atoms with E-state index in [4.69, 9.17) is 17.3 Å². The van der Waals surface area contributed by atoms with Crippen LogP contribution in [-0.2, 0) is 0 Å². The van der Waals surface area contributed by atoms with Crippen molar-refractivity contribution >= 4 is 17.5 Å². The molecule has 0 bridgehead atoms. The smallest absolute Gasteiger partial charge is 0.250 e. The van der Waals surface area contributed by atoms with Gasteiger partial charge in [-0.1, -0.05) is 11.6 Å². The molecular formula is C11H9ClN2O. The monoisotopic (exact) mass is 220 g/mol. The number of nitrogens with two attached hydrogens (primary N) is 1. The first-order chi connectivity index (χ1) is 7.16. The number of halogens is 1. The van der Waals surface area contributed by atoms with Crippen molar-refractivity contribution in [1.82, 2.24) is 4.57 Å². The van der Waals surface area contributed by atoms with E-state index in [2.05, 4.69) is 0 Å². The van der Waals surface area contributed by atoms with E-state index in [0.717, 1.165) is 5.69 Å². The molecule has 0 unspecified atom stereocenters. The molecule has 1 aromatic heterocycles. The second-order valence-electron chi connectivity index (χ2n) is 3.15. The van der Waals surface area contributed by atoms with Gasteiger partial charge in [-0.2, -0.15) is 0 Å². The summed E-state index contributed by atoms with van der Waals surface area (Å²) in [4.78, 5) is 10.9. The summed E-state index contributed by atoms with van der Waals surface area (Å²) in [5.74, 6) is -0.428. The van der Waals surface area contributed by atoms with E-state index in [1.54, 1.807) is 30.6 Å². The Morgan fingerprint density at radius 3 is 2.40 bits per heavy atom. The summed E-state index contributed by atoms with van der Waals surface area (Å²) < 4.78 is 1.82. The molecule has 1 heterocycles. The summed E-state index contributed by atoms with van der Waals surface area (Å²) >= 11 is 5.77. The number of primary amides is 1. The molecule has 0 saturated heterocycles. The van der Waals surface area contributed by atoms with Crippen LogP contribution in [0.3, 0.4) is 0 Å². The molecule has 0 radical (unpaired) electrons. The van der Waals surface area contributed by atoms with E-state index in [1.165, 1.54) is 0 Å². The zero-order valence-corrected chi connectivity index (χ0v) is 8.61. The fourth-order valence-electron chi connectivity index (χ4n) is 1.32. The van der Waals surface area contributed by atoms with E-state index >= 15 is 0 Å². The molecular weight excluding hydrogens is 212 g/mol. The SMILES string of the molecule is NC(=O)c1ccn(-c2ccc(Cl)cc2)c1. The van der Waals surface area contributed by atoms with Crippen LogP contribution in [0, 0.1) is 0 Å². The van der Waals surface area contributed by atoms with Gasteiger partial charge in [-0.3, -0.25) is 4.79 Å². The van der Waals surface area contributed by atoms with E-state index in [9.17, 15) is 4.79 Å². The van der Waals surface area contributed by atoms with Crippen molar-refractivity contribution in [2.24, 2.45) is 5.73 Å². The summed E-state index contributed by atoms with van der Waals surface area (Å²) in [5, 5.41) is 0.682. The molecule has 2 aromatic rings. The molecule has 0 aliphatic rings. The number of rotatable bonds is 2. The lowest BCUT2D eigenvalue weighted by atomic mass is 10.3. The molecule has 4 heteroatoms. The van der Waals surface area contributed by atoms with Gasteiger partial charge in [0.25, 0.3) is 0 Å². The maximum Gasteiger partial charge on any atom is 0.250 e. The Labute approximate surface area is 92.1 Å². The lowest BCUT2D eigenvalue weighted by molar-refractivity contribution is 0.100. The molecule has 1 aromatic carbocycles. The van der Waals surface area contributed by atoms with Crippen molar-refractivity contribution < 1.29 is 4.79 Å². The van der Waals surface area contributed by atoms with Crippen LogP contribution >= 0.6 is 11.6 Å². The van der Waals surface area contributed by atoms with E-state index in [1.807, 2.05) is 16.7 Å². The number of amides is 1. The second-order valence-corrected chi connectivity index (χ2v) is 3.58. The molecule has 0 aliphatic heterocycles. The number of hydrogen-bond donors (Lipinski definition) is 1. The van der Waals surface area contributed by atoms with Crippen LogP contribution in [0.25, 0.3) is 5.69 Å². The van der Waals surface area contributed by atoms with E-state index in [0.29, 0.717) is 10.6 Å². The van der Waals surface area contributed by atoms with Crippen molar-refractivity contribution in [3.8, 4) is 5.69 Å². The lowest BCUT2D eigenvalue weighted by Crippen LogP contribution is -2.09. The zero-order valence-electron chi connectivity index (χ0n) is 7.85. The van der Waals surface area contributed by atoms with Gasteiger partial charge in [-0.15, -0.1) is 0 Å². The van der Waals surface area contributed by atoms with Crippen LogP contribution < -0.4 is 5.73 Å². The molecule has 76 valence electrons. The Morgan fingerprint density at radius 2 is 1.87 bits per heavy atom. The molecule has 0 saturated carbocycles. The number of aromatic nitrogens is 1. The topological polar surface area (TPSA) is 48.0 Å². The Kier molecular flexibility index (Phi) is 2.47. The molecule has 0 fully saturated rings. The summed E-state index contributed by atoms with van der Waals surface area (Å²) in [6.07, 6.45) is 3.47. The lowest BCUT2D eigenvalue weighted by Gasteiger charge is -2.01. The van der Waals surface area contributed by atoms with Crippen LogP contribution in [0.15, 0.2) is 42.7 Å². The van der Waals surface area contributed by atoms with Crippen molar-refractivity contribution in [2.75, 3.05) is 0 Å². The van der Waals surface area contributed by atoms with Crippen LogP contribution in [0.5, 0.6) is 0 Å². The van der Waals surface area contributed by atoms with Crippen LogP contribution in [0.2, 0.25) is 5.02 Å². The Bertz CT molecular complexity index is 488. The standard InChI is InChI=1S/C11H9ClN2O/c12-9-1-3-10(4-2-9)14-6-5-8(7-14)11(13)15/h1-7H,(H2,13,15). The van der Waals surface area contributed by atoms with Crippen molar-refractivity contribution in [1.29, 1.82) is 0 Å². The van der Waals surface area contributed by atoms with Crippen LogP contribution in [-0.4, -0.2) is 10.5 Å². The van der Waals surface area contributed by atoms with E-state index in [-0.39, 0.29) is 0 Å². The molecule has 3 nitrogen and oxygen atoms in total. The molecule has 0 atom stereocenters. The predicted molar refractivity (Wildman–Crippen MR) is 59.3 cm³/mol. The van der Waals surface area contributed by atoms with Gasteiger partial charge < -0.3 is 10.3 Å². The van der Waals surface area contributed by atoms with E-state index < -0.39 is 5.91 Å². The number of hydrogen-bond acceptors (Lipinski definition) is 1. The van der Waals surface area contributed by atoms with Crippen molar-refractivity contribution in [2.45, 2.75) is 0 Å². The minimum Gasteiger partial charge on any atom is -0.366 e. The van der Waals surface area contributed by atoms with Gasteiger partial charge in [0.15, 0.2) is 0 Å². The van der Waals surface area contributed by atoms with Gasteiger partial charge in [-0.25, -0.2) is 0 Å². The van der Waals surface area contributed by atoms with Crippen LogP contribution in [0.4, 0.5) is 0 Å². The molecule has 1 amide bonds. The maximum atomic E-state index is 10.9. The number of carbonyl (C=O) groups excluding carboxylic acids is 1. The van der Waals surface area contributed by atoms with Gasteiger partial charge in [0.1, 0.15) is 0 Å². The molecule has 2 rings (SSSR count). The minimum atomic E-state index is -0.428. The normalized spacial score (nSPS) is 10.2. The number of nitrogens with zero attached hydrogens (tertiary/aromatic N) is 1.